The Morgan fingerprint density at radius 3 is 1.38 bits per heavy atom. The third-order valence-electron chi connectivity index (χ3n) is 12.4. The van der Waals surface area contributed by atoms with E-state index >= 15 is 0 Å². The van der Waals surface area contributed by atoms with Crippen LogP contribution in [0.15, 0.2) is 84.9 Å². The predicted molar refractivity (Wildman–Crippen MR) is 260 cm³/mol. The van der Waals surface area contributed by atoms with Gasteiger partial charge in [-0.2, -0.15) is 63.2 Å². The number of likely N-dealkylation sites (tertiary alicyclic amines) is 2. The van der Waals surface area contributed by atoms with Crippen molar-refractivity contribution in [3.63, 3.8) is 0 Å². The van der Waals surface area contributed by atoms with Crippen LogP contribution in [-0.4, -0.2) is 77.6 Å². The van der Waals surface area contributed by atoms with E-state index in [1.807, 2.05) is 21.9 Å². The van der Waals surface area contributed by atoms with Gasteiger partial charge in [-0.25, -0.2) is 14.4 Å². The number of nitriles is 2. The molecular formula is C52H48F13N6NaO4S2. The number of aliphatic hydroxyl groups excluding tert-OH is 1. The number of piperidine rings is 2. The number of nitrogens with zero attached hydrogens (tertiary/aromatic N) is 6. The van der Waals surface area contributed by atoms with Crippen LogP contribution in [0.4, 0.5) is 57.1 Å². The molecule has 0 unspecified atom stereocenters. The van der Waals surface area contributed by atoms with Crippen LogP contribution in [0.1, 0.15) is 70.5 Å². The number of ether oxygens (including phenoxy) is 3. The van der Waals surface area contributed by atoms with E-state index in [9.17, 15) is 62.2 Å². The molecule has 26 heteroatoms. The van der Waals surface area contributed by atoms with Crippen molar-refractivity contribution in [1.82, 2.24) is 19.8 Å². The zero-order valence-electron chi connectivity index (χ0n) is 42.8. The van der Waals surface area contributed by atoms with Crippen molar-refractivity contribution in [2.45, 2.75) is 76.7 Å². The molecule has 0 aliphatic carbocycles. The summed E-state index contributed by atoms with van der Waals surface area (Å²) in [4.78, 5) is 14.1. The first kappa shape index (κ1) is 63.3. The predicted octanol–water partition coefficient (Wildman–Crippen LogP) is 11.0. The Kier molecular flexibility index (Phi) is 22.4. The molecule has 414 valence electrons. The van der Waals surface area contributed by atoms with Crippen LogP contribution in [-0.2, 0) is 38.7 Å². The van der Waals surface area contributed by atoms with Crippen LogP contribution < -0.4 is 43.8 Å². The van der Waals surface area contributed by atoms with E-state index in [1.165, 1.54) is 79.4 Å². The minimum absolute atomic E-state index is 0. The summed E-state index contributed by atoms with van der Waals surface area (Å²) < 4.78 is 183. The summed E-state index contributed by atoms with van der Waals surface area (Å²) in [6.45, 7) is 1.45. The third kappa shape index (κ3) is 17.5. The van der Waals surface area contributed by atoms with Gasteiger partial charge in [0.2, 0.25) is 0 Å². The third-order valence-corrected chi connectivity index (χ3v) is 14.7. The van der Waals surface area contributed by atoms with Crippen molar-refractivity contribution >= 4 is 22.7 Å². The second kappa shape index (κ2) is 27.6. The number of methoxy groups -OCH3 is 2. The van der Waals surface area contributed by atoms with E-state index in [-0.39, 0.29) is 108 Å². The summed E-state index contributed by atoms with van der Waals surface area (Å²) in [5, 5.41) is 28.2. The summed E-state index contributed by atoms with van der Waals surface area (Å²) in [5.41, 5.74) is 1.27. The summed E-state index contributed by atoms with van der Waals surface area (Å²) in [6, 6.07) is 21.7. The van der Waals surface area contributed by atoms with E-state index in [0.29, 0.717) is 71.5 Å². The van der Waals surface area contributed by atoms with Gasteiger partial charge in [0, 0.05) is 36.3 Å². The zero-order valence-corrected chi connectivity index (χ0v) is 45.4. The fourth-order valence-corrected chi connectivity index (χ4v) is 10.0. The second-order valence-electron chi connectivity index (χ2n) is 17.5. The molecule has 2 fully saturated rings. The molecule has 0 bridgehead atoms. The fourth-order valence-electron chi connectivity index (χ4n) is 8.12. The van der Waals surface area contributed by atoms with E-state index in [2.05, 4.69) is 9.97 Å². The molecule has 10 nitrogen and oxygen atoms in total. The van der Waals surface area contributed by atoms with Crippen molar-refractivity contribution in [1.29, 1.82) is 10.5 Å². The first-order valence-corrected chi connectivity index (χ1v) is 24.9. The maximum absolute atomic E-state index is 13.1. The van der Waals surface area contributed by atoms with E-state index in [0.717, 1.165) is 24.3 Å². The molecule has 6 aromatic rings. The number of alkyl halides is 12. The molecule has 2 saturated heterocycles. The molecule has 2 aliphatic heterocycles. The van der Waals surface area contributed by atoms with Crippen LogP contribution in [0, 0.1) is 40.3 Å². The maximum Gasteiger partial charge on any atom is 1.00 e. The number of hydrogen-bond donors (Lipinski definition) is 1. The van der Waals surface area contributed by atoms with Gasteiger partial charge in [-0.3, -0.25) is 9.80 Å². The standard InChI is InChI=1S/C26H23F6N3O2S.C18H18F6N2OS.C8H6FNO.Na.H/c1-36-22-12-20(7-4-17(22)13-33)37-15-23-21(14-35-10-8-19(9-11-35)26(30,31)32)34-24(38-23)16-2-5-18(6-3-16)25(27,28)29;19-17(20,21)12-3-1-11(2-4-12)16-25-14(15(10-27)28-16)9-26-7-5-13(6-8-26)18(22,23)24;1-11-8-4-7(9)3-2-6(8)5-10;;/h2-7,12,19H,8-11,14-15H2,1H3;1-4,13,27H,5-10H2;2-4H,1H3;;/q;;;+1;-1. The van der Waals surface area contributed by atoms with Crippen molar-refractivity contribution in [2.24, 2.45) is 11.8 Å². The van der Waals surface area contributed by atoms with Crippen molar-refractivity contribution in [3.8, 4) is 50.5 Å². The van der Waals surface area contributed by atoms with Gasteiger partial charge in [-0.1, -0.05) is 24.3 Å². The molecule has 8 rings (SSSR count). The summed E-state index contributed by atoms with van der Waals surface area (Å²) in [5.74, 6) is -1.98. The Morgan fingerprint density at radius 1 is 0.603 bits per heavy atom. The molecule has 4 aromatic carbocycles. The topological polar surface area (TPSA) is 128 Å². The molecular weight excluding hydrogens is 1110 g/mol. The minimum atomic E-state index is -4.46. The van der Waals surface area contributed by atoms with Crippen molar-refractivity contribution < 1.29 is 107 Å². The SMILES string of the molecule is COc1cc(F)ccc1C#N.COc1cc(OCc2sc(-c3ccc(C(F)(F)F)cc3)nc2CN2CCC(C(F)(F)F)CC2)ccc1C#N.OCc1sc(-c2ccc(C(F)(F)F)cc2)nc1CN1CCC(C(F)(F)F)CC1.[H-].[Na+]. The van der Waals surface area contributed by atoms with E-state index < -0.39 is 53.5 Å². The molecule has 0 atom stereocenters. The van der Waals surface area contributed by atoms with Gasteiger partial charge in [-0.15, -0.1) is 22.7 Å². The normalized spacial score (nSPS) is 14.9. The Balaban J connectivity index is 0.000000287. The number of hydrogen-bond acceptors (Lipinski definition) is 12. The van der Waals surface area contributed by atoms with Crippen LogP contribution >= 0.6 is 22.7 Å². The largest absolute Gasteiger partial charge is 1.00 e. The van der Waals surface area contributed by atoms with Gasteiger partial charge in [0.15, 0.2) is 0 Å². The molecule has 1 N–H and O–H groups in total. The quantitative estimate of drug-likeness (QED) is 0.0934. The van der Waals surface area contributed by atoms with Gasteiger partial charge in [-0.05, 0) is 100 Å². The monoisotopic (exact) mass is 1150 g/mol. The Bertz CT molecular complexity index is 2980. The summed E-state index contributed by atoms with van der Waals surface area (Å²) in [7, 11) is 2.83. The fraction of sp³-hybridized carbons (Fsp3) is 0.385. The molecule has 0 spiro atoms. The van der Waals surface area contributed by atoms with Crippen LogP contribution in [0.3, 0.4) is 0 Å². The molecule has 2 aromatic heterocycles. The summed E-state index contributed by atoms with van der Waals surface area (Å²) >= 11 is 2.42. The molecule has 0 saturated carbocycles. The first-order valence-electron chi connectivity index (χ1n) is 23.3. The Hall–Kier alpha value is -5.51. The minimum Gasteiger partial charge on any atom is -1.00 e. The average Bonchev–Trinajstić information content (AvgIpc) is 4.01. The van der Waals surface area contributed by atoms with Crippen molar-refractivity contribution in [2.75, 3.05) is 40.4 Å². The number of rotatable bonds is 12. The summed E-state index contributed by atoms with van der Waals surface area (Å²) in [6.07, 6.45) is -17.3. The number of thiazole rings is 2. The van der Waals surface area contributed by atoms with E-state index in [4.69, 9.17) is 24.7 Å². The van der Waals surface area contributed by atoms with Crippen LogP contribution in [0.5, 0.6) is 17.2 Å². The van der Waals surface area contributed by atoms with Gasteiger partial charge in [0.05, 0.1) is 76.1 Å². The second-order valence-corrected chi connectivity index (χ2v) is 19.7. The number of benzene rings is 4. The molecule has 0 radical (unpaired) electrons. The van der Waals surface area contributed by atoms with E-state index in [1.54, 1.807) is 18.2 Å². The molecule has 2 aliphatic rings. The van der Waals surface area contributed by atoms with Gasteiger partial charge in [0.1, 0.15) is 51.8 Å². The van der Waals surface area contributed by atoms with Gasteiger partial charge < -0.3 is 20.7 Å². The van der Waals surface area contributed by atoms with Gasteiger partial charge >= 0.3 is 54.3 Å². The smallest absolute Gasteiger partial charge is 1.00 e. The molecule has 4 heterocycles. The maximum atomic E-state index is 13.1. The molecule has 78 heavy (non-hydrogen) atoms. The van der Waals surface area contributed by atoms with Crippen LogP contribution in [0.2, 0.25) is 0 Å². The van der Waals surface area contributed by atoms with Crippen molar-refractivity contribution in [3.05, 3.63) is 134 Å². The Morgan fingerprint density at radius 2 is 1.00 bits per heavy atom. The number of halogens is 13. The van der Waals surface area contributed by atoms with Gasteiger partial charge in [0.25, 0.3) is 0 Å². The zero-order chi connectivity index (χ0) is 56.3. The molecule has 0 amide bonds. The Labute approximate surface area is 471 Å². The number of aromatic nitrogens is 2. The van der Waals surface area contributed by atoms with Crippen LogP contribution in [0.25, 0.3) is 21.1 Å². The first-order chi connectivity index (χ1) is 36.3. The number of aliphatic hydroxyl groups is 1. The average molecular weight is 1160 g/mol.